The van der Waals surface area contributed by atoms with Crippen molar-refractivity contribution in [3.63, 3.8) is 0 Å². The zero-order valence-electron chi connectivity index (χ0n) is 10.8. The van der Waals surface area contributed by atoms with Crippen molar-refractivity contribution < 1.29 is 13.5 Å². The number of para-hydroxylation sites is 1. The molecule has 0 aliphatic rings. The van der Waals surface area contributed by atoms with Gasteiger partial charge >= 0.3 is 6.61 Å². The summed E-state index contributed by atoms with van der Waals surface area (Å²) in [5, 5.41) is 2.92. The fourth-order valence-corrected chi connectivity index (χ4v) is 2.07. The lowest BCUT2D eigenvalue weighted by molar-refractivity contribution is -0.0494. The molecule has 2 aromatic rings. The monoisotopic (exact) mass is 343 g/mol. The molecule has 1 aromatic carbocycles. The third-order valence-electron chi connectivity index (χ3n) is 2.60. The molecule has 0 aliphatic heterocycles. The highest BCUT2D eigenvalue weighted by molar-refractivity contribution is 9.10. The first-order chi connectivity index (χ1) is 9.52. The van der Waals surface area contributed by atoms with E-state index < -0.39 is 6.61 Å². The van der Waals surface area contributed by atoms with Crippen LogP contribution in [0.1, 0.15) is 5.69 Å². The average molecular weight is 344 g/mol. The minimum atomic E-state index is -2.89. The van der Waals surface area contributed by atoms with E-state index in [1.807, 2.05) is 0 Å². The van der Waals surface area contributed by atoms with Crippen molar-refractivity contribution >= 4 is 21.7 Å². The number of anilines is 1. The molecule has 7 heteroatoms. The lowest BCUT2D eigenvalue weighted by atomic mass is 10.2. The molecule has 0 unspecified atom stereocenters. The summed E-state index contributed by atoms with van der Waals surface area (Å²) in [5.41, 5.74) is 1.12. The number of alkyl halides is 2. The van der Waals surface area contributed by atoms with Crippen LogP contribution < -0.4 is 10.1 Å². The minimum Gasteiger partial charge on any atom is -0.434 e. The SMILES string of the molecule is CNc1nc(-c2ccccc2OC(F)F)nc(C)c1Br. The predicted octanol–water partition coefficient (Wildman–Crippen LogP) is 3.86. The number of nitrogens with one attached hydrogen (secondary N) is 1. The Bertz CT molecular complexity index is 623. The molecular weight excluding hydrogens is 332 g/mol. The number of rotatable bonds is 4. The van der Waals surface area contributed by atoms with E-state index in [1.54, 1.807) is 32.2 Å². The van der Waals surface area contributed by atoms with Crippen molar-refractivity contribution in [2.45, 2.75) is 13.5 Å². The summed E-state index contributed by atoms with van der Waals surface area (Å²) < 4.78 is 30.1. The van der Waals surface area contributed by atoms with Crippen LogP contribution in [0.2, 0.25) is 0 Å². The number of aromatic nitrogens is 2. The maximum absolute atomic E-state index is 12.4. The summed E-state index contributed by atoms with van der Waals surface area (Å²) in [6, 6.07) is 6.43. The van der Waals surface area contributed by atoms with Crippen LogP contribution in [0.5, 0.6) is 5.75 Å². The Morgan fingerprint density at radius 2 is 1.95 bits per heavy atom. The van der Waals surface area contributed by atoms with Crippen molar-refractivity contribution in [2.75, 3.05) is 12.4 Å². The molecule has 0 saturated carbocycles. The van der Waals surface area contributed by atoms with Crippen LogP contribution in [-0.4, -0.2) is 23.6 Å². The van der Waals surface area contributed by atoms with E-state index in [4.69, 9.17) is 0 Å². The van der Waals surface area contributed by atoms with E-state index in [2.05, 4.69) is 36.0 Å². The Kier molecular flexibility index (Phi) is 4.49. The highest BCUT2D eigenvalue weighted by Gasteiger charge is 2.15. The quantitative estimate of drug-likeness (QED) is 0.915. The molecule has 106 valence electrons. The number of nitrogens with zero attached hydrogens (tertiary/aromatic N) is 2. The molecule has 0 radical (unpaired) electrons. The van der Waals surface area contributed by atoms with Crippen molar-refractivity contribution in [3.8, 4) is 17.1 Å². The molecule has 20 heavy (non-hydrogen) atoms. The number of ether oxygens (including phenoxy) is 1. The van der Waals surface area contributed by atoms with Gasteiger partial charge in [-0.3, -0.25) is 0 Å². The number of halogens is 3. The third kappa shape index (κ3) is 3.04. The highest BCUT2D eigenvalue weighted by Crippen LogP contribution is 2.32. The van der Waals surface area contributed by atoms with Crippen LogP contribution in [-0.2, 0) is 0 Å². The number of hydrogen-bond donors (Lipinski definition) is 1. The molecule has 0 spiro atoms. The van der Waals surface area contributed by atoms with Crippen LogP contribution >= 0.6 is 15.9 Å². The normalized spacial score (nSPS) is 10.7. The summed E-state index contributed by atoms with van der Waals surface area (Å²) >= 11 is 3.37. The van der Waals surface area contributed by atoms with Crippen molar-refractivity contribution in [1.82, 2.24) is 9.97 Å². The Morgan fingerprint density at radius 1 is 1.25 bits per heavy atom. The van der Waals surface area contributed by atoms with Crippen LogP contribution in [0, 0.1) is 6.92 Å². The van der Waals surface area contributed by atoms with Crippen LogP contribution in [0.25, 0.3) is 11.4 Å². The van der Waals surface area contributed by atoms with E-state index in [-0.39, 0.29) is 5.75 Å². The van der Waals surface area contributed by atoms with E-state index in [0.717, 1.165) is 4.47 Å². The van der Waals surface area contributed by atoms with E-state index in [9.17, 15) is 8.78 Å². The first kappa shape index (κ1) is 14.6. The first-order valence-corrected chi connectivity index (χ1v) is 6.58. The summed E-state index contributed by atoms with van der Waals surface area (Å²) in [5.74, 6) is 0.955. The molecule has 0 fully saturated rings. The molecule has 0 aliphatic carbocycles. The highest BCUT2D eigenvalue weighted by atomic mass is 79.9. The van der Waals surface area contributed by atoms with Gasteiger partial charge in [-0.25, -0.2) is 9.97 Å². The van der Waals surface area contributed by atoms with Gasteiger partial charge in [0, 0.05) is 7.05 Å². The Morgan fingerprint density at radius 3 is 2.60 bits per heavy atom. The number of aryl methyl sites for hydroxylation is 1. The summed E-state index contributed by atoms with van der Waals surface area (Å²) in [6.45, 7) is -1.09. The van der Waals surface area contributed by atoms with E-state index >= 15 is 0 Å². The van der Waals surface area contributed by atoms with Gasteiger partial charge in [-0.15, -0.1) is 0 Å². The second kappa shape index (κ2) is 6.13. The van der Waals surface area contributed by atoms with Gasteiger partial charge in [0.15, 0.2) is 5.82 Å². The summed E-state index contributed by atoms with van der Waals surface area (Å²) in [7, 11) is 1.72. The van der Waals surface area contributed by atoms with Crippen molar-refractivity contribution in [1.29, 1.82) is 0 Å². The topological polar surface area (TPSA) is 47.0 Å². The van der Waals surface area contributed by atoms with Gasteiger partial charge in [-0.1, -0.05) is 12.1 Å². The number of hydrogen-bond acceptors (Lipinski definition) is 4. The fourth-order valence-electron chi connectivity index (χ4n) is 1.70. The predicted molar refractivity (Wildman–Crippen MR) is 76.1 cm³/mol. The molecule has 4 nitrogen and oxygen atoms in total. The summed E-state index contributed by atoms with van der Waals surface area (Å²) in [6.07, 6.45) is 0. The molecule has 0 saturated heterocycles. The van der Waals surface area contributed by atoms with Crippen LogP contribution in [0.15, 0.2) is 28.7 Å². The fraction of sp³-hybridized carbons (Fsp3) is 0.231. The Balaban J connectivity index is 2.54. The smallest absolute Gasteiger partial charge is 0.387 e. The van der Waals surface area contributed by atoms with Gasteiger partial charge in [0.2, 0.25) is 0 Å². The Labute approximate surface area is 123 Å². The van der Waals surface area contributed by atoms with Gasteiger partial charge in [0.1, 0.15) is 11.6 Å². The number of benzene rings is 1. The zero-order chi connectivity index (χ0) is 14.7. The molecule has 0 amide bonds. The molecule has 0 atom stereocenters. The van der Waals surface area contributed by atoms with Crippen molar-refractivity contribution in [2.24, 2.45) is 0 Å². The van der Waals surface area contributed by atoms with Crippen molar-refractivity contribution in [3.05, 3.63) is 34.4 Å². The van der Waals surface area contributed by atoms with Gasteiger partial charge in [-0.2, -0.15) is 8.78 Å². The minimum absolute atomic E-state index is 0.0475. The van der Waals surface area contributed by atoms with Gasteiger partial charge in [0.05, 0.1) is 15.7 Å². The van der Waals surface area contributed by atoms with Crippen LogP contribution in [0.4, 0.5) is 14.6 Å². The van der Waals surface area contributed by atoms with Gasteiger partial charge in [0.25, 0.3) is 0 Å². The molecule has 1 heterocycles. The van der Waals surface area contributed by atoms with Gasteiger partial charge in [-0.05, 0) is 35.0 Å². The molecular formula is C13H12BrF2N3O. The second-order valence-electron chi connectivity index (χ2n) is 3.92. The maximum Gasteiger partial charge on any atom is 0.387 e. The lowest BCUT2D eigenvalue weighted by Crippen LogP contribution is -2.05. The molecule has 2 rings (SSSR count). The van der Waals surface area contributed by atoms with E-state index in [0.29, 0.717) is 22.9 Å². The largest absolute Gasteiger partial charge is 0.434 e. The standard InChI is InChI=1S/C13H12BrF2N3O/c1-7-10(14)12(17-2)19-11(18-7)8-5-3-4-6-9(8)20-13(15)16/h3-6,13H,1-2H3,(H,17,18,19). The summed E-state index contributed by atoms with van der Waals surface area (Å²) in [4.78, 5) is 8.59. The Hall–Kier alpha value is -1.76. The van der Waals surface area contributed by atoms with E-state index in [1.165, 1.54) is 6.07 Å². The molecule has 1 N–H and O–H groups in total. The molecule has 1 aromatic heterocycles. The van der Waals surface area contributed by atoms with Gasteiger partial charge < -0.3 is 10.1 Å². The maximum atomic E-state index is 12.4. The lowest BCUT2D eigenvalue weighted by Gasteiger charge is -2.12. The van der Waals surface area contributed by atoms with Crippen LogP contribution in [0.3, 0.4) is 0 Å². The zero-order valence-corrected chi connectivity index (χ0v) is 12.4. The third-order valence-corrected chi connectivity index (χ3v) is 3.55. The average Bonchev–Trinajstić information content (AvgIpc) is 2.42. The second-order valence-corrected chi connectivity index (χ2v) is 4.71. The first-order valence-electron chi connectivity index (χ1n) is 5.79. The molecule has 0 bridgehead atoms.